The smallest absolute Gasteiger partial charge is 0.266 e. The van der Waals surface area contributed by atoms with Gasteiger partial charge in [0.1, 0.15) is 4.32 Å². The van der Waals surface area contributed by atoms with Gasteiger partial charge in [-0.2, -0.15) is 5.10 Å². The van der Waals surface area contributed by atoms with Crippen LogP contribution < -0.4 is 9.47 Å². The summed E-state index contributed by atoms with van der Waals surface area (Å²) in [6.45, 7) is 2.66. The molecule has 3 aromatic carbocycles. The van der Waals surface area contributed by atoms with Crippen molar-refractivity contribution in [3.63, 3.8) is 0 Å². The lowest BCUT2D eigenvalue weighted by Gasteiger charge is -2.15. The van der Waals surface area contributed by atoms with Crippen molar-refractivity contribution >= 4 is 52.0 Å². The standard InChI is InChI=1S/C32H31N3O3S3/c1-4-18-40-26-13-11-23(12-14-26)30-24(21-35(33-30)25-8-6-5-7-9-25)20-29-31(36)34(32(39)41-29)17-16-22-10-15-27(37-2)28(19-22)38-3/h5-15,19-21H,4,16-18H2,1-3H3/b29-20-. The van der Waals surface area contributed by atoms with Gasteiger partial charge in [-0.3, -0.25) is 9.69 Å². The van der Waals surface area contributed by atoms with Crippen molar-refractivity contribution in [2.24, 2.45) is 0 Å². The number of amides is 1. The zero-order valence-corrected chi connectivity index (χ0v) is 25.7. The summed E-state index contributed by atoms with van der Waals surface area (Å²) in [5.74, 6) is 2.33. The lowest BCUT2D eigenvalue weighted by atomic mass is 10.1. The lowest BCUT2D eigenvalue weighted by Crippen LogP contribution is -2.30. The van der Waals surface area contributed by atoms with Crippen LogP contribution in [0.5, 0.6) is 11.5 Å². The molecule has 1 fully saturated rings. The number of benzene rings is 3. The number of hydrogen-bond donors (Lipinski definition) is 0. The van der Waals surface area contributed by atoms with Gasteiger partial charge < -0.3 is 9.47 Å². The maximum Gasteiger partial charge on any atom is 0.266 e. The van der Waals surface area contributed by atoms with Crippen molar-refractivity contribution in [3.8, 4) is 28.4 Å². The number of para-hydroxylation sites is 1. The minimum atomic E-state index is -0.0924. The molecule has 0 saturated carbocycles. The van der Waals surface area contributed by atoms with E-state index in [0.717, 1.165) is 40.2 Å². The number of aromatic nitrogens is 2. The molecular formula is C32H31N3O3S3. The quantitative estimate of drug-likeness (QED) is 0.100. The van der Waals surface area contributed by atoms with Gasteiger partial charge in [0.25, 0.3) is 5.91 Å². The van der Waals surface area contributed by atoms with E-state index in [1.165, 1.54) is 16.7 Å². The van der Waals surface area contributed by atoms with Crippen LogP contribution in [0.15, 0.2) is 88.8 Å². The van der Waals surface area contributed by atoms with Gasteiger partial charge in [0.05, 0.1) is 30.5 Å². The molecule has 0 unspecified atom stereocenters. The van der Waals surface area contributed by atoms with E-state index in [1.54, 1.807) is 19.1 Å². The molecule has 1 aliphatic heterocycles. The van der Waals surface area contributed by atoms with Crippen LogP contribution in [0, 0.1) is 0 Å². The predicted octanol–water partition coefficient (Wildman–Crippen LogP) is 7.50. The molecule has 1 aromatic heterocycles. The molecule has 0 spiro atoms. The van der Waals surface area contributed by atoms with Crippen molar-refractivity contribution < 1.29 is 14.3 Å². The van der Waals surface area contributed by atoms with Gasteiger partial charge in [0, 0.05) is 28.8 Å². The average molecular weight is 602 g/mol. The SMILES string of the molecule is CCCSc1ccc(-c2nn(-c3ccccc3)cc2/C=C2\SC(=S)N(CCc3ccc(OC)c(OC)c3)C2=O)cc1. The van der Waals surface area contributed by atoms with Gasteiger partial charge in [0.2, 0.25) is 0 Å². The first kappa shape index (κ1) is 29.0. The van der Waals surface area contributed by atoms with Crippen molar-refractivity contribution in [2.45, 2.75) is 24.7 Å². The molecular weight excluding hydrogens is 571 g/mol. The van der Waals surface area contributed by atoms with Crippen LogP contribution in [0.1, 0.15) is 24.5 Å². The zero-order valence-electron chi connectivity index (χ0n) is 23.2. The van der Waals surface area contributed by atoms with Crippen LogP contribution in [-0.4, -0.2) is 51.4 Å². The minimum Gasteiger partial charge on any atom is -0.493 e. The predicted molar refractivity (Wildman–Crippen MR) is 173 cm³/mol. The van der Waals surface area contributed by atoms with Crippen LogP contribution in [0.2, 0.25) is 0 Å². The van der Waals surface area contributed by atoms with E-state index in [2.05, 4.69) is 31.2 Å². The Hall–Kier alpha value is -3.53. The third-order valence-corrected chi connectivity index (χ3v) is 9.19. The number of carbonyl (C=O) groups is 1. The number of nitrogens with zero attached hydrogens (tertiary/aromatic N) is 3. The maximum absolute atomic E-state index is 13.5. The Kier molecular flexibility index (Phi) is 9.49. The summed E-state index contributed by atoms with van der Waals surface area (Å²) < 4.78 is 13.2. The fourth-order valence-corrected chi connectivity index (χ4v) is 6.54. The van der Waals surface area contributed by atoms with E-state index in [0.29, 0.717) is 33.7 Å². The first-order valence-electron chi connectivity index (χ1n) is 13.3. The zero-order chi connectivity index (χ0) is 28.8. The Balaban J connectivity index is 1.41. The van der Waals surface area contributed by atoms with Crippen LogP contribution >= 0.6 is 35.7 Å². The molecule has 1 aliphatic rings. The van der Waals surface area contributed by atoms with Crippen molar-refractivity contribution in [2.75, 3.05) is 26.5 Å². The maximum atomic E-state index is 13.5. The van der Waals surface area contributed by atoms with Crippen LogP contribution in [0.3, 0.4) is 0 Å². The normalized spacial score (nSPS) is 14.2. The highest BCUT2D eigenvalue weighted by Crippen LogP contribution is 2.36. The fraction of sp³-hybridized carbons (Fsp3) is 0.219. The highest BCUT2D eigenvalue weighted by molar-refractivity contribution is 8.26. The first-order chi connectivity index (χ1) is 20.0. The van der Waals surface area contributed by atoms with E-state index in [9.17, 15) is 4.79 Å². The molecule has 210 valence electrons. The Morgan fingerprint density at radius 1 is 1.00 bits per heavy atom. The van der Waals surface area contributed by atoms with Gasteiger partial charge >= 0.3 is 0 Å². The van der Waals surface area contributed by atoms with E-state index in [-0.39, 0.29) is 5.91 Å². The molecule has 1 saturated heterocycles. The summed E-state index contributed by atoms with van der Waals surface area (Å²) in [5, 5.41) is 4.93. The molecule has 6 nitrogen and oxygen atoms in total. The molecule has 0 bridgehead atoms. The second-order valence-electron chi connectivity index (χ2n) is 9.36. The highest BCUT2D eigenvalue weighted by atomic mass is 32.2. The van der Waals surface area contributed by atoms with Gasteiger partial charge in [-0.1, -0.05) is 67.3 Å². The molecule has 4 aromatic rings. The fourth-order valence-electron chi connectivity index (χ4n) is 4.47. The van der Waals surface area contributed by atoms with E-state index >= 15 is 0 Å². The minimum absolute atomic E-state index is 0.0924. The third-order valence-electron chi connectivity index (χ3n) is 6.60. The number of carbonyl (C=O) groups excluding carboxylic acids is 1. The highest BCUT2D eigenvalue weighted by Gasteiger charge is 2.32. The number of rotatable bonds is 11. The molecule has 0 atom stereocenters. The average Bonchev–Trinajstić information content (AvgIpc) is 3.55. The van der Waals surface area contributed by atoms with Crippen molar-refractivity contribution in [3.05, 3.63) is 95.0 Å². The van der Waals surface area contributed by atoms with E-state index in [1.807, 2.05) is 77.2 Å². The topological polar surface area (TPSA) is 56.6 Å². The summed E-state index contributed by atoms with van der Waals surface area (Å²) in [5.41, 5.74) is 4.66. The van der Waals surface area contributed by atoms with Gasteiger partial charge in [-0.05, 0) is 66.6 Å². The monoisotopic (exact) mass is 601 g/mol. The molecule has 5 rings (SSSR count). The van der Waals surface area contributed by atoms with Crippen molar-refractivity contribution in [1.82, 2.24) is 14.7 Å². The summed E-state index contributed by atoms with van der Waals surface area (Å²) in [4.78, 5) is 17.0. The van der Waals surface area contributed by atoms with Crippen LogP contribution in [0.25, 0.3) is 23.0 Å². The molecule has 1 amide bonds. The van der Waals surface area contributed by atoms with Gasteiger partial charge in [0.15, 0.2) is 11.5 Å². The Morgan fingerprint density at radius 3 is 2.46 bits per heavy atom. The number of methoxy groups -OCH3 is 2. The first-order valence-corrected chi connectivity index (χ1v) is 15.6. The van der Waals surface area contributed by atoms with Crippen LogP contribution in [0.4, 0.5) is 0 Å². The second-order valence-corrected chi connectivity index (χ2v) is 12.2. The van der Waals surface area contributed by atoms with Crippen LogP contribution in [-0.2, 0) is 11.2 Å². The van der Waals surface area contributed by atoms with Crippen molar-refractivity contribution in [1.29, 1.82) is 0 Å². The number of thioether (sulfide) groups is 2. The Labute approximate surface area is 254 Å². The third kappa shape index (κ3) is 6.69. The molecule has 2 heterocycles. The Morgan fingerprint density at radius 2 is 1.76 bits per heavy atom. The molecule has 0 aliphatic carbocycles. The number of thiocarbonyl (C=S) groups is 1. The lowest BCUT2D eigenvalue weighted by molar-refractivity contribution is -0.122. The number of ether oxygens (including phenoxy) is 2. The van der Waals surface area contributed by atoms with Gasteiger partial charge in [-0.25, -0.2) is 4.68 Å². The Bertz CT molecular complexity index is 1570. The molecule has 41 heavy (non-hydrogen) atoms. The summed E-state index contributed by atoms with van der Waals surface area (Å²) >= 11 is 8.81. The molecule has 9 heteroatoms. The van der Waals surface area contributed by atoms with E-state index in [4.69, 9.17) is 26.8 Å². The second kappa shape index (κ2) is 13.4. The van der Waals surface area contributed by atoms with E-state index < -0.39 is 0 Å². The van der Waals surface area contributed by atoms with Gasteiger partial charge in [-0.15, -0.1) is 11.8 Å². The number of hydrogen-bond acceptors (Lipinski definition) is 7. The summed E-state index contributed by atoms with van der Waals surface area (Å²) in [6.07, 6.45) is 5.65. The molecule has 0 N–H and O–H groups in total. The summed E-state index contributed by atoms with van der Waals surface area (Å²) in [6, 6.07) is 24.2. The molecule has 0 radical (unpaired) electrons. The largest absolute Gasteiger partial charge is 0.493 e. The summed E-state index contributed by atoms with van der Waals surface area (Å²) in [7, 11) is 3.23.